The van der Waals surface area contributed by atoms with Crippen molar-refractivity contribution in [2.75, 3.05) is 7.11 Å². The van der Waals surface area contributed by atoms with Crippen LogP contribution in [-0.4, -0.2) is 24.3 Å². The fourth-order valence-corrected chi connectivity index (χ4v) is 4.20. The van der Waals surface area contributed by atoms with Crippen LogP contribution in [0.3, 0.4) is 0 Å². The largest absolute Gasteiger partial charge is 0.464 e. The van der Waals surface area contributed by atoms with Crippen molar-refractivity contribution in [2.45, 2.75) is 45.4 Å². The molecule has 30 heavy (non-hydrogen) atoms. The number of rotatable bonds is 5. The Labute approximate surface area is 177 Å². The number of hydrogen-bond acceptors (Lipinski definition) is 3. The highest BCUT2D eigenvalue weighted by atomic mass is 16.5. The molecule has 4 rings (SSSR count). The molecule has 1 unspecified atom stereocenters. The van der Waals surface area contributed by atoms with Crippen molar-refractivity contribution < 1.29 is 9.53 Å². The lowest BCUT2D eigenvalue weighted by Crippen LogP contribution is -2.08. The first kappa shape index (κ1) is 20.1. The Kier molecular flexibility index (Phi) is 5.84. The summed E-state index contributed by atoms with van der Waals surface area (Å²) in [4.78, 5) is 19.8. The normalized spacial score (nSPS) is 15.0. The van der Waals surface area contributed by atoms with Gasteiger partial charge in [0.2, 0.25) is 0 Å². The first-order chi connectivity index (χ1) is 14.6. The van der Waals surface area contributed by atoms with Crippen LogP contribution < -0.4 is 0 Å². The average molecular weight is 401 g/mol. The molecule has 1 atom stereocenters. The Morgan fingerprint density at radius 1 is 1.17 bits per heavy atom. The quantitative estimate of drug-likeness (QED) is 0.531. The highest BCUT2D eigenvalue weighted by molar-refractivity contribution is 5.94. The van der Waals surface area contributed by atoms with E-state index < -0.39 is 0 Å². The SMILES string of the molecule is COC(=O)c1cc2cc(CC(C3=CCCCC=N3)c3cccc(C)c3C)ccc2[nH]1. The van der Waals surface area contributed by atoms with Gasteiger partial charge < -0.3 is 9.72 Å². The summed E-state index contributed by atoms with van der Waals surface area (Å²) >= 11 is 0. The van der Waals surface area contributed by atoms with Gasteiger partial charge in [0.15, 0.2) is 0 Å². The lowest BCUT2D eigenvalue weighted by molar-refractivity contribution is 0.0595. The smallest absolute Gasteiger partial charge is 0.354 e. The Bertz CT molecular complexity index is 1140. The number of H-pyrrole nitrogens is 1. The van der Waals surface area contributed by atoms with Gasteiger partial charge in [-0.25, -0.2) is 4.79 Å². The fraction of sp³-hybridized carbons (Fsp3) is 0.308. The Morgan fingerprint density at radius 2 is 2.03 bits per heavy atom. The zero-order valence-corrected chi connectivity index (χ0v) is 17.9. The van der Waals surface area contributed by atoms with Gasteiger partial charge in [0.05, 0.1) is 7.11 Å². The van der Waals surface area contributed by atoms with Crippen LogP contribution in [0.15, 0.2) is 59.2 Å². The number of esters is 1. The maximum Gasteiger partial charge on any atom is 0.354 e. The molecule has 1 aliphatic heterocycles. The molecule has 1 aliphatic rings. The number of hydrogen-bond donors (Lipinski definition) is 1. The lowest BCUT2D eigenvalue weighted by atomic mass is 9.85. The van der Waals surface area contributed by atoms with E-state index in [9.17, 15) is 4.79 Å². The highest BCUT2D eigenvalue weighted by Gasteiger charge is 2.21. The fourth-order valence-electron chi connectivity index (χ4n) is 4.20. The second-order valence-electron chi connectivity index (χ2n) is 8.01. The van der Waals surface area contributed by atoms with E-state index in [2.05, 4.69) is 61.5 Å². The maximum atomic E-state index is 11.9. The standard InChI is InChI=1S/C26H28N2O2/c1-17-8-7-9-21(18(17)2)22(24-10-5-4-6-13-27-24)15-19-11-12-23-20(14-19)16-25(28-23)26(29)30-3/h7-14,16,22,28H,4-6,15H2,1-3H3. The number of aromatic amines is 1. The molecule has 3 aromatic rings. The minimum absolute atomic E-state index is 0.204. The first-order valence-electron chi connectivity index (χ1n) is 10.6. The number of allylic oxidation sites excluding steroid dienone is 2. The number of aryl methyl sites for hydroxylation is 1. The van der Waals surface area contributed by atoms with E-state index in [1.807, 2.05) is 12.1 Å². The van der Waals surface area contributed by atoms with E-state index >= 15 is 0 Å². The minimum atomic E-state index is -0.348. The van der Waals surface area contributed by atoms with Gasteiger partial charge in [-0.3, -0.25) is 4.99 Å². The Hall–Kier alpha value is -3.14. The van der Waals surface area contributed by atoms with E-state index in [0.29, 0.717) is 5.69 Å². The summed E-state index contributed by atoms with van der Waals surface area (Å²) in [5, 5.41) is 1.02. The second kappa shape index (κ2) is 8.70. The summed E-state index contributed by atoms with van der Waals surface area (Å²) in [6, 6.07) is 14.8. The van der Waals surface area contributed by atoms with E-state index in [4.69, 9.17) is 9.73 Å². The number of methoxy groups -OCH3 is 1. The lowest BCUT2D eigenvalue weighted by Gasteiger charge is -2.21. The number of carbonyl (C=O) groups is 1. The number of nitrogens with one attached hydrogen (secondary N) is 1. The van der Waals surface area contributed by atoms with Crippen LogP contribution in [0.1, 0.15) is 57.9 Å². The molecular weight excluding hydrogens is 372 g/mol. The second-order valence-corrected chi connectivity index (χ2v) is 8.01. The summed E-state index contributed by atoms with van der Waals surface area (Å²) in [6.45, 7) is 4.37. The monoisotopic (exact) mass is 400 g/mol. The zero-order chi connectivity index (χ0) is 21.1. The van der Waals surface area contributed by atoms with Gasteiger partial charge in [-0.05, 0) is 80.0 Å². The Balaban J connectivity index is 1.73. The van der Waals surface area contributed by atoms with E-state index in [1.165, 1.54) is 29.4 Å². The van der Waals surface area contributed by atoms with Crippen LogP contribution in [0, 0.1) is 13.8 Å². The molecule has 154 valence electrons. The molecule has 0 saturated carbocycles. The molecule has 4 heteroatoms. The maximum absolute atomic E-state index is 11.9. The number of aliphatic imine (C=N–C) groups is 1. The van der Waals surface area contributed by atoms with Gasteiger partial charge in [-0.2, -0.15) is 0 Å². The van der Waals surface area contributed by atoms with Gasteiger partial charge in [0, 0.05) is 28.7 Å². The van der Waals surface area contributed by atoms with Crippen LogP contribution in [0.4, 0.5) is 0 Å². The molecule has 0 saturated heterocycles. The molecule has 2 aromatic carbocycles. The number of aromatic nitrogens is 1. The zero-order valence-electron chi connectivity index (χ0n) is 17.9. The molecule has 0 radical (unpaired) electrons. The minimum Gasteiger partial charge on any atom is -0.464 e. The molecule has 0 spiro atoms. The van der Waals surface area contributed by atoms with Crippen LogP contribution in [0.2, 0.25) is 0 Å². The molecule has 1 N–H and O–H groups in total. The van der Waals surface area contributed by atoms with Gasteiger partial charge in [-0.1, -0.05) is 30.3 Å². The van der Waals surface area contributed by atoms with Gasteiger partial charge in [-0.15, -0.1) is 0 Å². The predicted octanol–water partition coefficient (Wildman–Crippen LogP) is 6.04. The molecule has 4 nitrogen and oxygen atoms in total. The van der Waals surface area contributed by atoms with Crippen molar-refractivity contribution in [3.05, 3.63) is 82.2 Å². The Morgan fingerprint density at radius 3 is 2.87 bits per heavy atom. The number of fused-ring (bicyclic) bond motifs is 1. The van der Waals surface area contributed by atoms with Crippen molar-refractivity contribution in [1.82, 2.24) is 4.98 Å². The molecule has 1 aromatic heterocycles. The van der Waals surface area contributed by atoms with E-state index in [1.54, 1.807) is 0 Å². The molecule has 0 amide bonds. The van der Waals surface area contributed by atoms with Crippen molar-refractivity contribution in [2.24, 2.45) is 4.99 Å². The molecule has 0 fully saturated rings. The summed E-state index contributed by atoms with van der Waals surface area (Å²) in [5.74, 6) is -0.144. The number of carbonyl (C=O) groups excluding carboxylic acids is 1. The van der Waals surface area contributed by atoms with Gasteiger partial charge in [0.25, 0.3) is 0 Å². The van der Waals surface area contributed by atoms with Crippen molar-refractivity contribution >= 4 is 23.1 Å². The number of benzene rings is 2. The van der Waals surface area contributed by atoms with Crippen LogP contribution in [-0.2, 0) is 11.2 Å². The van der Waals surface area contributed by atoms with Crippen LogP contribution in [0.25, 0.3) is 10.9 Å². The first-order valence-corrected chi connectivity index (χ1v) is 10.6. The third kappa shape index (κ3) is 4.09. The van der Waals surface area contributed by atoms with Gasteiger partial charge >= 0.3 is 5.97 Å². The van der Waals surface area contributed by atoms with Crippen LogP contribution >= 0.6 is 0 Å². The summed E-state index contributed by atoms with van der Waals surface area (Å²) in [6.07, 6.45) is 8.48. The molecular formula is C26H28N2O2. The van der Waals surface area contributed by atoms with Crippen molar-refractivity contribution in [3.8, 4) is 0 Å². The topological polar surface area (TPSA) is 54.4 Å². The molecule has 0 bridgehead atoms. The van der Waals surface area contributed by atoms with E-state index in [0.717, 1.165) is 42.3 Å². The summed E-state index contributed by atoms with van der Waals surface area (Å²) in [5.41, 5.74) is 7.78. The average Bonchev–Trinajstić information content (AvgIpc) is 2.99. The molecule has 0 aliphatic carbocycles. The predicted molar refractivity (Wildman–Crippen MR) is 122 cm³/mol. The van der Waals surface area contributed by atoms with Gasteiger partial charge in [0.1, 0.15) is 5.69 Å². The third-order valence-corrected chi connectivity index (χ3v) is 6.04. The van der Waals surface area contributed by atoms with Crippen LogP contribution in [0.5, 0.6) is 0 Å². The summed E-state index contributed by atoms with van der Waals surface area (Å²) in [7, 11) is 1.40. The number of ether oxygens (including phenoxy) is 1. The highest BCUT2D eigenvalue weighted by Crippen LogP contribution is 2.34. The third-order valence-electron chi connectivity index (χ3n) is 6.04. The van der Waals surface area contributed by atoms with E-state index in [-0.39, 0.29) is 11.9 Å². The summed E-state index contributed by atoms with van der Waals surface area (Å²) < 4.78 is 4.84. The molecule has 2 heterocycles. The van der Waals surface area contributed by atoms with Crippen molar-refractivity contribution in [3.63, 3.8) is 0 Å². The van der Waals surface area contributed by atoms with Crippen molar-refractivity contribution in [1.29, 1.82) is 0 Å². The number of nitrogens with zero attached hydrogens (tertiary/aromatic N) is 1.